The van der Waals surface area contributed by atoms with Crippen molar-refractivity contribution in [2.75, 3.05) is 52.4 Å². The summed E-state index contributed by atoms with van der Waals surface area (Å²) in [5.41, 5.74) is 0. The summed E-state index contributed by atoms with van der Waals surface area (Å²) in [6, 6.07) is 4.77. The van der Waals surface area contributed by atoms with Crippen molar-refractivity contribution in [3.63, 3.8) is 0 Å². The second-order valence-corrected chi connectivity index (χ2v) is 10.4. The molecule has 178 valence electrons. The summed E-state index contributed by atoms with van der Waals surface area (Å²) in [5, 5.41) is 2.98. The molecule has 3 rings (SSSR count). The molecule has 0 radical (unpaired) electrons. The fraction of sp³-hybridized carbons (Fsp3) is 0.636. The Morgan fingerprint density at radius 3 is 2.44 bits per heavy atom. The molecular weight excluding hydrogens is 435 g/mol. The number of hydrogen-bond donors (Lipinski definition) is 1. The van der Waals surface area contributed by atoms with Gasteiger partial charge in [0, 0.05) is 39.3 Å². The fourth-order valence-corrected chi connectivity index (χ4v) is 5.59. The lowest BCUT2D eigenvalue weighted by molar-refractivity contribution is -0.135. The number of carbonyl (C=O) groups excluding carboxylic acids is 2. The smallest absolute Gasteiger partial charge is 0.243 e. The van der Waals surface area contributed by atoms with E-state index in [1.807, 2.05) is 4.90 Å². The van der Waals surface area contributed by atoms with Gasteiger partial charge in [0.1, 0.15) is 5.82 Å². The number of piperazine rings is 1. The summed E-state index contributed by atoms with van der Waals surface area (Å²) < 4.78 is 39.9. The highest BCUT2D eigenvalue weighted by atomic mass is 32.2. The minimum Gasteiger partial charge on any atom is -0.356 e. The number of halogens is 1. The number of sulfonamides is 1. The van der Waals surface area contributed by atoms with Gasteiger partial charge in [0.2, 0.25) is 21.8 Å². The predicted molar refractivity (Wildman–Crippen MR) is 119 cm³/mol. The summed E-state index contributed by atoms with van der Waals surface area (Å²) in [7, 11) is -3.71. The molecule has 1 unspecified atom stereocenters. The third kappa shape index (κ3) is 6.26. The largest absolute Gasteiger partial charge is 0.356 e. The van der Waals surface area contributed by atoms with Gasteiger partial charge in [0.15, 0.2) is 0 Å². The van der Waals surface area contributed by atoms with Crippen molar-refractivity contribution in [3.05, 3.63) is 30.1 Å². The van der Waals surface area contributed by atoms with E-state index in [0.29, 0.717) is 26.2 Å². The highest BCUT2D eigenvalue weighted by molar-refractivity contribution is 7.89. The number of rotatable bonds is 8. The maximum Gasteiger partial charge on any atom is 0.243 e. The molecule has 8 nitrogen and oxygen atoms in total. The number of nitrogens with zero attached hydrogens (tertiary/aromatic N) is 3. The van der Waals surface area contributed by atoms with Gasteiger partial charge in [0.05, 0.1) is 17.4 Å². The van der Waals surface area contributed by atoms with E-state index in [1.165, 1.54) is 16.4 Å². The first-order valence-electron chi connectivity index (χ1n) is 11.3. The van der Waals surface area contributed by atoms with Gasteiger partial charge in [-0.1, -0.05) is 13.3 Å². The molecule has 2 heterocycles. The number of carbonyl (C=O) groups is 2. The Kier molecular flexibility index (Phi) is 8.61. The molecule has 2 amide bonds. The standard InChI is InChI=1S/C22H33FN4O4S/c1-2-3-10-24-22(29)18-5-4-11-25(16-18)17-21(28)26-12-14-27(15-13-26)32(30,31)20-8-6-19(23)7-9-20/h6-9,18H,2-5,10-17H2,1H3,(H,24,29). The Balaban J connectivity index is 1.48. The number of amides is 2. The van der Waals surface area contributed by atoms with Crippen molar-refractivity contribution in [2.45, 2.75) is 37.5 Å². The third-order valence-electron chi connectivity index (χ3n) is 6.11. The first kappa shape index (κ1) is 24.6. The number of hydrogen-bond acceptors (Lipinski definition) is 5. The molecule has 2 saturated heterocycles. The normalized spacial score (nSPS) is 20.8. The van der Waals surface area contributed by atoms with Crippen LogP contribution < -0.4 is 5.32 Å². The van der Waals surface area contributed by atoms with E-state index in [-0.39, 0.29) is 42.3 Å². The van der Waals surface area contributed by atoms with Crippen LogP contribution in [-0.2, 0) is 19.6 Å². The molecule has 1 atom stereocenters. The topological polar surface area (TPSA) is 90.0 Å². The molecule has 1 N–H and O–H groups in total. The number of likely N-dealkylation sites (tertiary alicyclic amines) is 1. The Morgan fingerprint density at radius 1 is 1.09 bits per heavy atom. The lowest BCUT2D eigenvalue weighted by Gasteiger charge is -2.36. The molecule has 0 spiro atoms. The van der Waals surface area contributed by atoms with E-state index >= 15 is 0 Å². The quantitative estimate of drug-likeness (QED) is 0.581. The van der Waals surface area contributed by atoms with Gasteiger partial charge in [0.25, 0.3) is 0 Å². The highest BCUT2D eigenvalue weighted by Gasteiger charge is 2.32. The maximum atomic E-state index is 13.1. The molecule has 2 aliphatic rings. The summed E-state index contributed by atoms with van der Waals surface area (Å²) in [6.07, 6.45) is 3.71. The van der Waals surface area contributed by atoms with E-state index < -0.39 is 15.8 Å². The number of unbranched alkanes of at least 4 members (excludes halogenated alkanes) is 1. The summed E-state index contributed by atoms with van der Waals surface area (Å²) in [5.74, 6) is -0.560. The van der Waals surface area contributed by atoms with Gasteiger partial charge >= 0.3 is 0 Å². The number of nitrogens with one attached hydrogen (secondary N) is 1. The zero-order chi connectivity index (χ0) is 23.1. The average Bonchev–Trinajstić information content (AvgIpc) is 2.79. The van der Waals surface area contributed by atoms with E-state index in [1.54, 1.807) is 4.90 Å². The van der Waals surface area contributed by atoms with Crippen LogP contribution in [0.3, 0.4) is 0 Å². The van der Waals surface area contributed by atoms with Crippen molar-refractivity contribution in [1.29, 1.82) is 0 Å². The molecule has 0 aromatic heterocycles. The van der Waals surface area contributed by atoms with Crippen LogP contribution in [0.15, 0.2) is 29.2 Å². The summed E-state index contributed by atoms with van der Waals surface area (Å²) >= 11 is 0. The Bertz CT molecular complexity index is 886. The fourth-order valence-electron chi connectivity index (χ4n) is 4.17. The van der Waals surface area contributed by atoms with Gasteiger partial charge in [-0.05, 0) is 50.1 Å². The van der Waals surface area contributed by atoms with Crippen molar-refractivity contribution < 1.29 is 22.4 Å². The molecule has 1 aromatic carbocycles. The predicted octanol–water partition coefficient (Wildman–Crippen LogP) is 1.29. The van der Waals surface area contributed by atoms with Crippen molar-refractivity contribution in [2.24, 2.45) is 5.92 Å². The van der Waals surface area contributed by atoms with Crippen molar-refractivity contribution in [1.82, 2.24) is 19.4 Å². The molecule has 0 aliphatic carbocycles. The second kappa shape index (κ2) is 11.2. The van der Waals surface area contributed by atoms with Gasteiger partial charge < -0.3 is 10.2 Å². The molecule has 0 saturated carbocycles. The van der Waals surface area contributed by atoms with Crippen molar-refractivity contribution >= 4 is 21.8 Å². The number of benzene rings is 1. The van der Waals surface area contributed by atoms with Gasteiger partial charge in [-0.3, -0.25) is 14.5 Å². The lowest BCUT2D eigenvalue weighted by atomic mass is 9.97. The second-order valence-electron chi connectivity index (χ2n) is 8.46. The molecule has 10 heteroatoms. The number of piperidine rings is 1. The highest BCUT2D eigenvalue weighted by Crippen LogP contribution is 2.19. The Morgan fingerprint density at radius 2 is 1.78 bits per heavy atom. The lowest BCUT2D eigenvalue weighted by Crippen LogP contribution is -2.53. The van der Waals surface area contributed by atoms with E-state index in [9.17, 15) is 22.4 Å². The summed E-state index contributed by atoms with van der Waals surface area (Å²) in [4.78, 5) is 28.9. The van der Waals surface area contributed by atoms with Crippen LogP contribution in [0.4, 0.5) is 4.39 Å². The average molecular weight is 469 g/mol. The summed E-state index contributed by atoms with van der Waals surface area (Å²) in [6.45, 7) is 5.40. The van der Waals surface area contributed by atoms with Gasteiger partial charge in [-0.25, -0.2) is 12.8 Å². The van der Waals surface area contributed by atoms with Gasteiger partial charge in [-0.2, -0.15) is 4.31 Å². The van der Waals surface area contributed by atoms with Crippen LogP contribution in [0, 0.1) is 11.7 Å². The third-order valence-corrected chi connectivity index (χ3v) is 8.02. The molecule has 2 aliphatic heterocycles. The monoisotopic (exact) mass is 468 g/mol. The SMILES string of the molecule is CCCCNC(=O)C1CCCN(CC(=O)N2CCN(S(=O)(=O)c3ccc(F)cc3)CC2)C1. The van der Waals surface area contributed by atoms with Crippen LogP contribution in [-0.4, -0.2) is 86.7 Å². The molecule has 1 aromatic rings. The van der Waals surface area contributed by atoms with Crippen molar-refractivity contribution in [3.8, 4) is 0 Å². The van der Waals surface area contributed by atoms with E-state index in [2.05, 4.69) is 12.2 Å². The van der Waals surface area contributed by atoms with E-state index in [0.717, 1.165) is 44.4 Å². The first-order valence-corrected chi connectivity index (χ1v) is 12.8. The van der Waals surface area contributed by atoms with Crippen LogP contribution in [0.25, 0.3) is 0 Å². The first-order chi connectivity index (χ1) is 15.3. The van der Waals surface area contributed by atoms with Crippen LogP contribution in [0.1, 0.15) is 32.6 Å². The zero-order valence-electron chi connectivity index (χ0n) is 18.6. The Labute approximate surface area is 189 Å². The molecule has 32 heavy (non-hydrogen) atoms. The van der Waals surface area contributed by atoms with Crippen LogP contribution in [0.2, 0.25) is 0 Å². The van der Waals surface area contributed by atoms with Crippen LogP contribution >= 0.6 is 0 Å². The van der Waals surface area contributed by atoms with E-state index in [4.69, 9.17) is 0 Å². The zero-order valence-corrected chi connectivity index (χ0v) is 19.4. The van der Waals surface area contributed by atoms with Gasteiger partial charge in [-0.15, -0.1) is 0 Å². The molecule has 0 bridgehead atoms. The maximum absolute atomic E-state index is 13.1. The minimum absolute atomic E-state index is 0.0455. The molecular formula is C22H33FN4O4S. The Hall–Kier alpha value is -2.04. The molecule has 2 fully saturated rings. The van der Waals surface area contributed by atoms with Crippen LogP contribution in [0.5, 0.6) is 0 Å². The minimum atomic E-state index is -3.71.